The monoisotopic (exact) mass is 370 g/mol. The van der Waals surface area contributed by atoms with Gasteiger partial charge in [-0.25, -0.2) is 13.8 Å². The first-order chi connectivity index (χ1) is 13.1. The van der Waals surface area contributed by atoms with Gasteiger partial charge in [0.1, 0.15) is 17.2 Å². The Morgan fingerprint density at radius 1 is 1.19 bits per heavy atom. The molecule has 0 aliphatic carbocycles. The zero-order chi connectivity index (χ0) is 18.8. The number of aryl methyl sites for hydroxylation is 1. The maximum atomic E-state index is 13.7. The molecular weight excluding hydrogens is 350 g/mol. The van der Waals surface area contributed by atoms with Crippen molar-refractivity contribution in [2.24, 2.45) is 0 Å². The lowest BCUT2D eigenvalue weighted by Crippen LogP contribution is -2.48. The SMILES string of the molecule is O=C(CCc1nc2c(F)cccc2[nH]1)N1CCNC(c2ccc(F)cc2)C1. The van der Waals surface area contributed by atoms with Gasteiger partial charge in [-0.15, -0.1) is 0 Å². The van der Waals surface area contributed by atoms with Gasteiger partial charge >= 0.3 is 0 Å². The molecule has 1 atom stereocenters. The number of nitrogens with zero attached hydrogens (tertiary/aromatic N) is 2. The quantitative estimate of drug-likeness (QED) is 0.742. The molecule has 0 bridgehead atoms. The number of para-hydroxylation sites is 1. The van der Waals surface area contributed by atoms with Crippen molar-refractivity contribution in [3.05, 3.63) is 65.5 Å². The van der Waals surface area contributed by atoms with E-state index in [1.165, 1.54) is 18.2 Å². The number of hydrogen-bond acceptors (Lipinski definition) is 3. The summed E-state index contributed by atoms with van der Waals surface area (Å²) in [5.41, 5.74) is 1.90. The summed E-state index contributed by atoms with van der Waals surface area (Å²) in [6.45, 7) is 1.86. The van der Waals surface area contributed by atoms with Crippen molar-refractivity contribution >= 4 is 16.9 Å². The normalized spacial score (nSPS) is 17.4. The molecule has 1 unspecified atom stereocenters. The number of halogens is 2. The van der Waals surface area contributed by atoms with Crippen LogP contribution in [0.25, 0.3) is 11.0 Å². The smallest absolute Gasteiger partial charge is 0.223 e. The summed E-state index contributed by atoms with van der Waals surface area (Å²) in [4.78, 5) is 21.7. The fourth-order valence-electron chi connectivity index (χ4n) is 3.44. The van der Waals surface area contributed by atoms with Gasteiger partial charge in [0.05, 0.1) is 5.52 Å². The second-order valence-electron chi connectivity index (χ2n) is 6.72. The van der Waals surface area contributed by atoms with E-state index in [1.54, 1.807) is 24.3 Å². The van der Waals surface area contributed by atoms with E-state index in [9.17, 15) is 13.6 Å². The van der Waals surface area contributed by atoms with Crippen molar-refractivity contribution in [3.8, 4) is 0 Å². The highest BCUT2D eigenvalue weighted by Crippen LogP contribution is 2.19. The van der Waals surface area contributed by atoms with Crippen LogP contribution >= 0.6 is 0 Å². The van der Waals surface area contributed by atoms with E-state index < -0.39 is 0 Å². The second kappa shape index (κ2) is 7.44. The van der Waals surface area contributed by atoms with Crippen molar-refractivity contribution < 1.29 is 13.6 Å². The van der Waals surface area contributed by atoms with Crippen molar-refractivity contribution in [1.82, 2.24) is 20.2 Å². The molecule has 2 aromatic carbocycles. The summed E-state index contributed by atoms with van der Waals surface area (Å²) in [6, 6.07) is 11.1. The van der Waals surface area contributed by atoms with Crippen LogP contribution in [0.1, 0.15) is 23.9 Å². The van der Waals surface area contributed by atoms with Crippen LogP contribution in [0, 0.1) is 11.6 Å². The van der Waals surface area contributed by atoms with Crippen LogP contribution in [0.3, 0.4) is 0 Å². The number of piperazine rings is 1. The topological polar surface area (TPSA) is 61.0 Å². The number of rotatable bonds is 4. The average molecular weight is 370 g/mol. The lowest BCUT2D eigenvalue weighted by molar-refractivity contribution is -0.132. The van der Waals surface area contributed by atoms with Crippen LogP contribution in [0.4, 0.5) is 8.78 Å². The fourth-order valence-corrected chi connectivity index (χ4v) is 3.44. The number of amides is 1. The molecule has 2 N–H and O–H groups in total. The predicted molar refractivity (Wildman–Crippen MR) is 98.1 cm³/mol. The first-order valence-electron chi connectivity index (χ1n) is 9.00. The van der Waals surface area contributed by atoms with Crippen LogP contribution in [0.2, 0.25) is 0 Å². The third kappa shape index (κ3) is 3.83. The Labute approximate surface area is 155 Å². The summed E-state index contributed by atoms with van der Waals surface area (Å²) in [5.74, 6) is -0.00598. The third-order valence-electron chi connectivity index (χ3n) is 4.89. The lowest BCUT2D eigenvalue weighted by atomic mass is 10.0. The molecule has 0 spiro atoms. The Hall–Kier alpha value is -2.80. The van der Waals surface area contributed by atoms with Crippen LogP contribution in [-0.2, 0) is 11.2 Å². The molecule has 140 valence electrons. The van der Waals surface area contributed by atoms with Crippen molar-refractivity contribution in [3.63, 3.8) is 0 Å². The molecule has 2 heterocycles. The van der Waals surface area contributed by atoms with E-state index >= 15 is 0 Å². The summed E-state index contributed by atoms with van der Waals surface area (Å²) < 4.78 is 26.8. The fraction of sp³-hybridized carbons (Fsp3) is 0.300. The maximum absolute atomic E-state index is 13.7. The zero-order valence-electron chi connectivity index (χ0n) is 14.7. The Bertz CT molecular complexity index is 954. The van der Waals surface area contributed by atoms with Gasteiger partial charge in [0.2, 0.25) is 5.91 Å². The zero-order valence-corrected chi connectivity index (χ0v) is 14.7. The minimum Gasteiger partial charge on any atom is -0.342 e. The van der Waals surface area contributed by atoms with Crippen molar-refractivity contribution in [1.29, 1.82) is 0 Å². The first kappa shape index (κ1) is 17.6. The van der Waals surface area contributed by atoms with Gasteiger partial charge in [-0.3, -0.25) is 4.79 Å². The molecular formula is C20H20F2N4O. The van der Waals surface area contributed by atoms with Crippen LogP contribution in [-0.4, -0.2) is 40.4 Å². The number of imidazole rings is 1. The van der Waals surface area contributed by atoms with E-state index in [2.05, 4.69) is 15.3 Å². The van der Waals surface area contributed by atoms with Crippen LogP contribution in [0.15, 0.2) is 42.5 Å². The molecule has 7 heteroatoms. The Morgan fingerprint density at radius 2 is 2.00 bits per heavy atom. The molecule has 1 aliphatic rings. The lowest BCUT2D eigenvalue weighted by Gasteiger charge is -2.34. The Kier molecular flexibility index (Phi) is 4.85. The Morgan fingerprint density at radius 3 is 2.78 bits per heavy atom. The molecule has 0 saturated carbocycles. The van der Waals surface area contributed by atoms with E-state index in [1.807, 2.05) is 4.90 Å². The molecule has 4 rings (SSSR count). The largest absolute Gasteiger partial charge is 0.342 e. The van der Waals surface area contributed by atoms with E-state index in [0.29, 0.717) is 49.3 Å². The van der Waals surface area contributed by atoms with Gasteiger partial charge in [-0.05, 0) is 29.8 Å². The van der Waals surface area contributed by atoms with Gasteiger partial charge in [0, 0.05) is 38.5 Å². The molecule has 27 heavy (non-hydrogen) atoms. The summed E-state index contributed by atoms with van der Waals surface area (Å²) in [6.07, 6.45) is 0.732. The highest BCUT2D eigenvalue weighted by atomic mass is 19.1. The third-order valence-corrected chi connectivity index (χ3v) is 4.89. The second-order valence-corrected chi connectivity index (χ2v) is 6.72. The molecule has 1 amide bonds. The highest BCUT2D eigenvalue weighted by Gasteiger charge is 2.24. The van der Waals surface area contributed by atoms with Crippen LogP contribution < -0.4 is 5.32 Å². The first-order valence-corrected chi connectivity index (χ1v) is 9.00. The molecule has 1 saturated heterocycles. The summed E-state index contributed by atoms with van der Waals surface area (Å²) >= 11 is 0. The van der Waals surface area contributed by atoms with Crippen LogP contribution in [0.5, 0.6) is 0 Å². The number of hydrogen-bond donors (Lipinski definition) is 2. The van der Waals surface area contributed by atoms with Gasteiger partial charge in [0.15, 0.2) is 5.82 Å². The minimum atomic E-state index is -0.370. The van der Waals surface area contributed by atoms with Gasteiger partial charge < -0.3 is 15.2 Å². The number of benzene rings is 2. The summed E-state index contributed by atoms with van der Waals surface area (Å²) in [5, 5.41) is 3.36. The number of nitrogens with one attached hydrogen (secondary N) is 2. The average Bonchev–Trinajstić information content (AvgIpc) is 3.11. The standard InChI is InChI=1S/C20H20F2N4O/c21-14-6-4-13(5-7-14)17-12-26(11-10-23-17)19(27)9-8-18-24-16-3-1-2-15(22)20(16)25-18/h1-7,17,23H,8-12H2,(H,24,25). The number of carbonyl (C=O) groups is 1. The van der Waals surface area contributed by atoms with E-state index in [0.717, 1.165) is 5.56 Å². The molecule has 5 nitrogen and oxygen atoms in total. The Balaban J connectivity index is 1.38. The van der Waals surface area contributed by atoms with Gasteiger partial charge in [-0.1, -0.05) is 18.2 Å². The molecule has 0 radical (unpaired) electrons. The van der Waals surface area contributed by atoms with E-state index in [4.69, 9.17) is 0 Å². The number of carbonyl (C=O) groups excluding carboxylic acids is 1. The molecule has 3 aromatic rings. The number of fused-ring (bicyclic) bond motifs is 1. The van der Waals surface area contributed by atoms with Gasteiger partial charge in [0.25, 0.3) is 0 Å². The molecule has 1 aliphatic heterocycles. The number of aromatic amines is 1. The molecule has 1 aromatic heterocycles. The number of H-pyrrole nitrogens is 1. The predicted octanol–water partition coefficient (Wildman–Crippen LogP) is 2.95. The van der Waals surface area contributed by atoms with E-state index in [-0.39, 0.29) is 23.6 Å². The minimum absolute atomic E-state index is 0.0106. The molecule has 1 fully saturated rings. The van der Waals surface area contributed by atoms with Gasteiger partial charge in [-0.2, -0.15) is 0 Å². The van der Waals surface area contributed by atoms with Crippen molar-refractivity contribution in [2.75, 3.05) is 19.6 Å². The van der Waals surface area contributed by atoms with Crippen molar-refractivity contribution in [2.45, 2.75) is 18.9 Å². The summed E-state index contributed by atoms with van der Waals surface area (Å²) in [7, 11) is 0. The maximum Gasteiger partial charge on any atom is 0.223 e. The number of aromatic nitrogens is 2. The highest BCUT2D eigenvalue weighted by molar-refractivity contribution is 5.78.